The Morgan fingerprint density at radius 3 is 2.77 bits per heavy atom. The molecule has 26 heavy (non-hydrogen) atoms. The van der Waals surface area contributed by atoms with Crippen LogP contribution >= 0.6 is 0 Å². The van der Waals surface area contributed by atoms with Crippen LogP contribution in [0, 0.1) is 23.6 Å². The van der Waals surface area contributed by atoms with E-state index in [1.807, 2.05) is 17.9 Å². The number of anilines is 1. The second-order valence-electron chi connectivity index (χ2n) is 7.52. The number of urea groups is 1. The summed E-state index contributed by atoms with van der Waals surface area (Å²) in [6.45, 7) is 4.81. The van der Waals surface area contributed by atoms with E-state index in [2.05, 4.69) is 5.32 Å². The molecule has 0 bridgehead atoms. The molecule has 2 amide bonds. The Hall–Kier alpha value is -2.31. The van der Waals surface area contributed by atoms with Gasteiger partial charge in [0.25, 0.3) is 0 Å². The zero-order valence-corrected chi connectivity index (χ0v) is 15.0. The van der Waals surface area contributed by atoms with Crippen LogP contribution in [0.15, 0.2) is 24.3 Å². The van der Waals surface area contributed by atoms with Crippen molar-refractivity contribution in [2.24, 2.45) is 17.8 Å². The SMILES string of the molecule is CC1CC(C(=O)O)CN(C(=O)NCC2CCN(c3ccccc3F)C2)C1. The van der Waals surface area contributed by atoms with Crippen LogP contribution in [0.2, 0.25) is 0 Å². The van der Waals surface area contributed by atoms with Crippen molar-refractivity contribution in [2.45, 2.75) is 19.8 Å². The molecule has 0 aromatic heterocycles. The molecule has 0 aliphatic carbocycles. The molecule has 142 valence electrons. The lowest BCUT2D eigenvalue weighted by Gasteiger charge is -2.34. The smallest absolute Gasteiger partial charge is 0.317 e. The molecule has 3 unspecified atom stereocenters. The molecular formula is C19H26FN3O3. The highest BCUT2D eigenvalue weighted by Gasteiger charge is 2.32. The Morgan fingerprint density at radius 1 is 1.27 bits per heavy atom. The van der Waals surface area contributed by atoms with Crippen LogP contribution in [-0.4, -0.2) is 54.7 Å². The van der Waals surface area contributed by atoms with Gasteiger partial charge >= 0.3 is 12.0 Å². The number of hydrogen-bond acceptors (Lipinski definition) is 3. The first-order valence-electron chi connectivity index (χ1n) is 9.19. The molecular weight excluding hydrogens is 337 g/mol. The predicted octanol–water partition coefficient (Wildman–Crippen LogP) is 2.40. The van der Waals surface area contributed by atoms with Crippen LogP contribution in [0.1, 0.15) is 19.8 Å². The van der Waals surface area contributed by atoms with Gasteiger partial charge < -0.3 is 20.2 Å². The number of para-hydroxylation sites is 1. The van der Waals surface area contributed by atoms with Crippen molar-refractivity contribution in [2.75, 3.05) is 37.6 Å². The molecule has 6 nitrogen and oxygen atoms in total. The summed E-state index contributed by atoms with van der Waals surface area (Å²) in [5, 5.41) is 12.2. The summed E-state index contributed by atoms with van der Waals surface area (Å²) in [4.78, 5) is 27.3. The summed E-state index contributed by atoms with van der Waals surface area (Å²) >= 11 is 0. The lowest BCUT2D eigenvalue weighted by molar-refractivity contribution is -0.143. The minimum atomic E-state index is -0.842. The van der Waals surface area contributed by atoms with Crippen LogP contribution in [0.5, 0.6) is 0 Å². The Labute approximate surface area is 153 Å². The summed E-state index contributed by atoms with van der Waals surface area (Å²) in [5.74, 6) is -1.12. The standard InChI is InChI=1S/C19H26FN3O3/c1-13-8-15(18(24)25)12-23(10-13)19(26)21-9-14-6-7-22(11-14)17-5-3-2-4-16(17)20/h2-5,13-15H,6-12H2,1H3,(H,21,26)(H,24,25). The third-order valence-corrected chi connectivity index (χ3v) is 5.32. The van der Waals surface area contributed by atoms with Crippen LogP contribution in [-0.2, 0) is 4.79 Å². The third kappa shape index (κ3) is 4.26. The summed E-state index contributed by atoms with van der Waals surface area (Å²) in [6.07, 6.45) is 1.50. The summed E-state index contributed by atoms with van der Waals surface area (Å²) in [6, 6.07) is 6.53. The largest absolute Gasteiger partial charge is 0.481 e. The quantitative estimate of drug-likeness (QED) is 0.862. The Morgan fingerprint density at radius 2 is 2.04 bits per heavy atom. The number of carboxylic acid groups (broad SMARTS) is 1. The van der Waals surface area contributed by atoms with E-state index in [1.54, 1.807) is 17.0 Å². The molecule has 7 heteroatoms. The maximum absolute atomic E-state index is 13.9. The van der Waals surface area contributed by atoms with Crippen LogP contribution in [0.3, 0.4) is 0 Å². The molecule has 2 fully saturated rings. The van der Waals surface area contributed by atoms with E-state index in [4.69, 9.17) is 0 Å². The van der Waals surface area contributed by atoms with E-state index in [0.29, 0.717) is 31.7 Å². The number of nitrogens with zero attached hydrogens (tertiary/aromatic N) is 2. The van der Waals surface area contributed by atoms with Crippen LogP contribution in [0.25, 0.3) is 0 Å². The van der Waals surface area contributed by atoms with Crippen molar-refractivity contribution < 1.29 is 19.1 Å². The average Bonchev–Trinajstić information content (AvgIpc) is 3.08. The minimum Gasteiger partial charge on any atom is -0.481 e. The minimum absolute atomic E-state index is 0.179. The normalized spacial score (nSPS) is 26.0. The highest BCUT2D eigenvalue weighted by molar-refractivity contribution is 5.76. The molecule has 0 saturated carbocycles. The zero-order chi connectivity index (χ0) is 18.7. The average molecular weight is 363 g/mol. The Bertz CT molecular complexity index is 669. The molecule has 1 aromatic rings. The van der Waals surface area contributed by atoms with Gasteiger partial charge in [0.15, 0.2) is 0 Å². The van der Waals surface area contributed by atoms with Gasteiger partial charge in [0.05, 0.1) is 11.6 Å². The number of carbonyl (C=O) groups is 2. The molecule has 2 saturated heterocycles. The number of amides is 2. The molecule has 1 aromatic carbocycles. The van der Waals surface area contributed by atoms with Gasteiger partial charge in [-0.25, -0.2) is 9.18 Å². The van der Waals surface area contributed by atoms with Crippen LogP contribution in [0.4, 0.5) is 14.9 Å². The van der Waals surface area contributed by atoms with Gasteiger partial charge in [0.2, 0.25) is 0 Å². The number of rotatable bonds is 4. The van der Waals surface area contributed by atoms with Crippen molar-refractivity contribution >= 4 is 17.7 Å². The second kappa shape index (κ2) is 7.93. The summed E-state index contributed by atoms with van der Waals surface area (Å²) in [5.41, 5.74) is 0.607. The molecule has 2 aliphatic rings. The van der Waals surface area contributed by atoms with Gasteiger partial charge in [-0.05, 0) is 36.8 Å². The van der Waals surface area contributed by atoms with E-state index in [9.17, 15) is 19.1 Å². The lowest BCUT2D eigenvalue weighted by Crippen LogP contribution is -2.50. The Balaban J connectivity index is 1.49. The maximum atomic E-state index is 13.9. The number of hydrogen-bond donors (Lipinski definition) is 2. The van der Waals surface area contributed by atoms with Crippen molar-refractivity contribution in [3.63, 3.8) is 0 Å². The number of benzene rings is 1. The van der Waals surface area contributed by atoms with Gasteiger partial charge in [-0.3, -0.25) is 4.79 Å². The van der Waals surface area contributed by atoms with Gasteiger partial charge in [-0.1, -0.05) is 19.1 Å². The molecule has 3 rings (SSSR count). The number of halogens is 1. The molecule has 2 aliphatic heterocycles. The van der Waals surface area contributed by atoms with Crippen molar-refractivity contribution in [1.82, 2.24) is 10.2 Å². The zero-order valence-electron chi connectivity index (χ0n) is 15.0. The maximum Gasteiger partial charge on any atom is 0.317 e. The number of nitrogens with one attached hydrogen (secondary N) is 1. The van der Waals surface area contributed by atoms with E-state index < -0.39 is 11.9 Å². The first-order valence-corrected chi connectivity index (χ1v) is 9.19. The van der Waals surface area contributed by atoms with Crippen molar-refractivity contribution in [1.29, 1.82) is 0 Å². The molecule has 2 heterocycles. The first kappa shape index (κ1) is 18.5. The van der Waals surface area contributed by atoms with E-state index in [-0.39, 0.29) is 30.2 Å². The Kier molecular flexibility index (Phi) is 5.64. The number of carboxylic acids is 1. The highest BCUT2D eigenvalue weighted by atomic mass is 19.1. The predicted molar refractivity (Wildman–Crippen MR) is 96.6 cm³/mol. The van der Waals surface area contributed by atoms with Gasteiger partial charge in [-0.2, -0.15) is 0 Å². The van der Waals surface area contributed by atoms with E-state index in [1.165, 1.54) is 6.07 Å². The monoisotopic (exact) mass is 363 g/mol. The molecule has 0 spiro atoms. The fraction of sp³-hybridized carbons (Fsp3) is 0.579. The van der Waals surface area contributed by atoms with Gasteiger partial charge in [0, 0.05) is 32.7 Å². The van der Waals surface area contributed by atoms with Gasteiger partial charge in [0.1, 0.15) is 5.82 Å². The van der Waals surface area contributed by atoms with Crippen molar-refractivity contribution in [3.8, 4) is 0 Å². The lowest BCUT2D eigenvalue weighted by atomic mass is 9.91. The summed E-state index contributed by atoms with van der Waals surface area (Å²) in [7, 11) is 0. The third-order valence-electron chi connectivity index (χ3n) is 5.32. The molecule has 0 radical (unpaired) electrons. The topological polar surface area (TPSA) is 72.9 Å². The summed E-state index contributed by atoms with van der Waals surface area (Å²) < 4.78 is 13.9. The van der Waals surface area contributed by atoms with E-state index in [0.717, 1.165) is 13.0 Å². The number of aliphatic carboxylic acids is 1. The molecule has 2 N–H and O–H groups in total. The molecule has 3 atom stereocenters. The van der Waals surface area contributed by atoms with Crippen molar-refractivity contribution in [3.05, 3.63) is 30.1 Å². The first-order chi connectivity index (χ1) is 12.4. The fourth-order valence-electron chi connectivity index (χ4n) is 3.97. The second-order valence-corrected chi connectivity index (χ2v) is 7.52. The number of carbonyl (C=O) groups excluding carboxylic acids is 1. The van der Waals surface area contributed by atoms with Crippen LogP contribution < -0.4 is 10.2 Å². The van der Waals surface area contributed by atoms with E-state index >= 15 is 0 Å². The van der Waals surface area contributed by atoms with Gasteiger partial charge in [-0.15, -0.1) is 0 Å². The number of piperidine rings is 1. The number of likely N-dealkylation sites (tertiary alicyclic amines) is 1. The highest BCUT2D eigenvalue weighted by Crippen LogP contribution is 2.26. The fourth-order valence-corrected chi connectivity index (χ4v) is 3.97.